The third-order valence-electron chi connectivity index (χ3n) is 5.04. The molecule has 0 fully saturated rings. The van der Waals surface area contributed by atoms with E-state index in [2.05, 4.69) is 21.0 Å². The molecule has 0 saturated heterocycles. The summed E-state index contributed by atoms with van der Waals surface area (Å²) in [6, 6.07) is 12.6. The van der Waals surface area contributed by atoms with Crippen molar-refractivity contribution in [2.24, 2.45) is 5.10 Å². The van der Waals surface area contributed by atoms with E-state index < -0.39 is 12.1 Å². The summed E-state index contributed by atoms with van der Waals surface area (Å²) in [6.45, 7) is 7.70. The average molecular weight is 500 g/mol. The Morgan fingerprint density at radius 1 is 1.22 bits per heavy atom. The number of para-hydroxylation sites is 1. The van der Waals surface area contributed by atoms with Crippen molar-refractivity contribution < 1.29 is 14.3 Å². The maximum Gasteiger partial charge on any atom is 0.347 e. The smallest absolute Gasteiger partial charge is 0.347 e. The molecule has 3 rings (SSSR count). The summed E-state index contributed by atoms with van der Waals surface area (Å²) in [6.07, 6.45) is 1.58. The molecule has 2 aromatic carbocycles. The van der Waals surface area contributed by atoms with Gasteiger partial charge in [-0.15, -0.1) is 0 Å². The Labute approximate surface area is 195 Å². The maximum absolute atomic E-state index is 13.3. The van der Waals surface area contributed by atoms with Crippen LogP contribution >= 0.6 is 15.9 Å². The van der Waals surface area contributed by atoms with Crippen LogP contribution < -0.4 is 10.3 Å². The van der Waals surface area contributed by atoms with E-state index >= 15 is 0 Å². The van der Waals surface area contributed by atoms with Crippen LogP contribution in [0.2, 0.25) is 0 Å². The summed E-state index contributed by atoms with van der Waals surface area (Å²) in [5, 5.41) is 4.96. The normalized spacial score (nSPS) is 13.3. The molecule has 0 saturated carbocycles. The van der Waals surface area contributed by atoms with Gasteiger partial charge in [0.15, 0.2) is 6.10 Å². The highest BCUT2D eigenvalue weighted by Gasteiger charge is 2.18. The molecule has 1 heterocycles. The van der Waals surface area contributed by atoms with Gasteiger partial charge in [0.2, 0.25) is 0 Å². The van der Waals surface area contributed by atoms with E-state index in [0.29, 0.717) is 28.0 Å². The largest absolute Gasteiger partial charge is 0.478 e. The van der Waals surface area contributed by atoms with Crippen LogP contribution in [0.4, 0.5) is 0 Å². The Morgan fingerprint density at radius 3 is 2.69 bits per heavy atom. The number of rotatable bonds is 8. The lowest BCUT2D eigenvalue weighted by Gasteiger charge is -2.16. The summed E-state index contributed by atoms with van der Waals surface area (Å²) >= 11 is 3.41. The number of benzene rings is 2. The van der Waals surface area contributed by atoms with Gasteiger partial charge in [-0.3, -0.25) is 4.79 Å². The molecule has 0 radical (unpaired) electrons. The quantitative estimate of drug-likeness (QED) is 0.325. The first-order chi connectivity index (χ1) is 15.3. The molecule has 8 heteroatoms. The SMILES string of the molecule is CCOC(=O)[C@@H](C)Oc1ccccc1C=Nn1c([C@@H](C)CC)nc2ccc(Br)cc2c1=O. The van der Waals surface area contributed by atoms with Crippen LogP contribution in [0.1, 0.15) is 51.4 Å². The first-order valence-electron chi connectivity index (χ1n) is 10.5. The van der Waals surface area contributed by atoms with Gasteiger partial charge in [0.05, 0.1) is 23.7 Å². The Bertz CT molecular complexity index is 1210. The van der Waals surface area contributed by atoms with Gasteiger partial charge < -0.3 is 9.47 Å². The summed E-state index contributed by atoms with van der Waals surface area (Å²) < 4.78 is 12.9. The Balaban J connectivity index is 2.04. The molecule has 0 unspecified atom stereocenters. The van der Waals surface area contributed by atoms with Crippen LogP contribution in [-0.2, 0) is 9.53 Å². The minimum atomic E-state index is -0.775. The van der Waals surface area contributed by atoms with Crippen molar-refractivity contribution in [3.8, 4) is 5.75 Å². The molecule has 0 bridgehead atoms. The number of ether oxygens (including phenoxy) is 2. The molecule has 7 nitrogen and oxygen atoms in total. The van der Waals surface area contributed by atoms with Crippen LogP contribution in [-0.4, -0.2) is 34.6 Å². The zero-order valence-corrected chi connectivity index (χ0v) is 20.1. The number of nitrogens with zero attached hydrogens (tertiary/aromatic N) is 3. The lowest BCUT2D eigenvalue weighted by atomic mass is 10.1. The van der Waals surface area contributed by atoms with Gasteiger partial charge in [0, 0.05) is 16.0 Å². The van der Waals surface area contributed by atoms with Crippen molar-refractivity contribution in [2.75, 3.05) is 6.61 Å². The van der Waals surface area contributed by atoms with Crippen LogP contribution in [0.3, 0.4) is 0 Å². The van der Waals surface area contributed by atoms with Crippen LogP contribution in [0, 0.1) is 0 Å². The van der Waals surface area contributed by atoms with E-state index in [4.69, 9.17) is 14.5 Å². The molecule has 0 aliphatic rings. The fourth-order valence-electron chi connectivity index (χ4n) is 3.09. The Morgan fingerprint density at radius 2 is 1.97 bits per heavy atom. The minimum Gasteiger partial charge on any atom is -0.478 e. The second-order valence-electron chi connectivity index (χ2n) is 7.35. The van der Waals surface area contributed by atoms with Crippen LogP contribution in [0.25, 0.3) is 10.9 Å². The molecule has 0 aliphatic carbocycles. The minimum absolute atomic E-state index is 0.0308. The van der Waals surface area contributed by atoms with Gasteiger partial charge in [0.25, 0.3) is 5.56 Å². The summed E-state index contributed by atoms with van der Waals surface area (Å²) in [4.78, 5) is 29.9. The second kappa shape index (κ2) is 10.5. The number of carbonyl (C=O) groups excluding carboxylic acids is 1. The van der Waals surface area contributed by atoms with E-state index in [1.807, 2.05) is 32.0 Å². The first-order valence-corrected chi connectivity index (χ1v) is 11.3. The van der Waals surface area contributed by atoms with Gasteiger partial charge in [-0.05, 0) is 50.6 Å². The zero-order chi connectivity index (χ0) is 23.3. The highest BCUT2D eigenvalue weighted by molar-refractivity contribution is 9.10. The van der Waals surface area contributed by atoms with Gasteiger partial charge in [-0.25, -0.2) is 9.78 Å². The highest BCUT2D eigenvalue weighted by atomic mass is 79.9. The van der Waals surface area contributed by atoms with E-state index in [0.717, 1.165) is 10.9 Å². The van der Waals surface area contributed by atoms with Crippen LogP contribution in [0.5, 0.6) is 5.75 Å². The fraction of sp³-hybridized carbons (Fsp3) is 0.333. The van der Waals surface area contributed by atoms with E-state index in [9.17, 15) is 9.59 Å². The van der Waals surface area contributed by atoms with Crippen molar-refractivity contribution in [1.29, 1.82) is 0 Å². The lowest BCUT2D eigenvalue weighted by Crippen LogP contribution is -2.26. The predicted octanol–water partition coefficient (Wildman–Crippen LogP) is 4.89. The molecule has 0 spiro atoms. The molecule has 0 N–H and O–H groups in total. The van der Waals surface area contributed by atoms with Crippen molar-refractivity contribution >= 4 is 39.0 Å². The number of esters is 1. The van der Waals surface area contributed by atoms with Crippen molar-refractivity contribution in [1.82, 2.24) is 9.66 Å². The van der Waals surface area contributed by atoms with Crippen LogP contribution in [0.15, 0.2) is 56.8 Å². The van der Waals surface area contributed by atoms with E-state index in [1.165, 1.54) is 4.68 Å². The zero-order valence-electron chi connectivity index (χ0n) is 18.5. The number of hydrogen-bond acceptors (Lipinski definition) is 6. The van der Waals surface area contributed by atoms with E-state index in [1.54, 1.807) is 44.3 Å². The monoisotopic (exact) mass is 499 g/mol. The summed E-state index contributed by atoms with van der Waals surface area (Å²) in [5.41, 5.74) is 1.01. The number of aromatic nitrogens is 2. The molecule has 1 aromatic heterocycles. The van der Waals surface area contributed by atoms with Crippen molar-refractivity contribution in [3.63, 3.8) is 0 Å². The highest BCUT2D eigenvalue weighted by Crippen LogP contribution is 2.22. The molecular formula is C24H26BrN3O4. The average Bonchev–Trinajstić information content (AvgIpc) is 2.79. The molecule has 0 amide bonds. The van der Waals surface area contributed by atoms with Gasteiger partial charge in [0.1, 0.15) is 11.6 Å². The number of halogens is 1. The van der Waals surface area contributed by atoms with E-state index in [-0.39, 0.29) is 18.1 Å². The van der Waals surface area contributed by atoms with Crippen molar-refractivity contribution in [3.05, 3.63) is 68.7 Å². The Kier molecular flexibility index (Phi) is 7.80. The number of carbonyl (C=O) groups is 1. The van der Waals surface area contributed by atoms with Gasteiger partial charge in [-0.1, -0.05) is 41.9 Å². The number of fused-ring (bicyclic) bond motifs is 1. The number of hydrogen-bond donors (Lipinski definition) is 0. The molecular weight excluding hydrogens is 474 g/mol. The van der Waals surface area contributed by atoms with Gasteiger partial charge >= 0.3 is 5.97 Å². The molecule has 3 aromatic rings. The second-order valence-corrected chi connectivity index (χ2v) is 8.27. The third-order valence-corrected chi connectivity index (χ3v) is 5.53. The standard InChI is InChI=1S/C24H26BrN3O4/c1-5-15(3)22-27-20-12-11-18(25)13-19(20)23(29)28(22)26-14-17-9-7-8-10-21(17)32-16(4)24(30)31-6-2/h7-16H,5-6H2,1-4H3/t15-,16+/m0/s1. The Hall–Kier alpha value is -3.00. The fourth-order valence-corrected chi connectivity index (χ4v) is 3.45. The maximum atomic E-state index is 13.3. The summed E-state index contributed by atoms with van der Waals surface area (Å²) in [5.74, 6) is 0.635. The lowest BCUT2D eigenvalue weighted by molar-refractivity contribution is -0.150. The van der Waals surface area contributed by atoms with Crippen molar-refractivity contribution in [2.45, 2.75) is 46.1 Å². The molecule has 32 heavy (non-hydrogen) atoms. The molecule has 2 atom stereocenters. The van der Waals surface area contributed by atoms with Gasteiger partial charge in [-0.2, -0.15) is 9.78 Å². The third kappa shape index (κ3) is 5.24. The predicted molar refractivity (Wildman–Crippen MR) is 129 cm³/mol. The summed E-state index contributed by atoms with van der Waals surface area (Å²) in [7, 11) is 0. The molecule has 0 aliphatic heterocycles. The topological polar surface area (TPSA) is 82.8 Å². The first kappa shape index (κ1) is 23.7. The molecule has 168 valence electrons.